The van der Waals surface area contributed by atoms with Crippen LogP contribution in [0.2, 0.25) is 0 Å². The molecule has 0 spiro atoms. The van der Waals surface area contributed by atoms with Gasteiger partial charge in [-0.05, 0) is 43.2 Å². The van der Waals surface area contributed by atoms with Gasteiger partial charge >= 0.3 is 6.61 Å². The number of carbonyl (C=O) groups excluding carboxylic acids is 1. The molecule has 2 aromatic carbocycles. The average molecular weight is 306 g/mol. The van der Waals surface area contributed by atoms with Crippen molar-refractivity contribution >= 4 is 5.78 Å². The predicted octanol–water partition coefficient (Wildman–Crippen LogP) is 3.82. The van der Waals surface area contributed by atoms with E-state index >= 15 is 0 Å². The summed E-state index contributed by atoms with van der Waals surface area (Å²) in [6, 6.07) is 11.1. The molecule has 0 aliphatic carbocycles. The molecule has 0 saturated carbocycles. The van der Waals surface area contributed by atoms with Crippen molar-refractivity contribution in [2.24, 2.45) is 0 Å². The maximum Gasteiger partial charge on any atom is 0.387 e. The monoisotopic (exact) mass is 306 g/mol. The molecule has 1 unspecified atom stereocenters. The Balaban J connectivity index is 2.24. The highest BCUT2D eigenvalue weighted by molar-refractivity contribution is 6.00. The van der Waals surface area contributed by atoms with Crippen LogP contribution >= 0.6 is 0 Å². The van der Waals surface area contributed by atoms with Crippen molar-refractivity contribution in [3.8, 4) is 5.75 Å². The van der Waals surface area contributed by atoms with Crippen LogP contribution < -0.4 is 4.74 Å². The summed E-state index contributed by atoms with van der Waals surface area (Å²) in [6.45, 7) is 0.507. The second kappa shape index (κ2) is 6.66. The van der Waals surface area contributed by atoms with E-state index in [1.54, 1.807) is 25.1 Å². The van der Waals surface area contributed by atoms with E-state index in [0.717, 1.165) is 5.56 Å². The summed E-state index contributed by atoms with van der Waals surface area (Å²) in [5.41, 5.74) is 2.08. The van der Waals surface area contributed by atoms with E-state index in [1.165, 1.54) is 18.2 Å². The van der Waals surface area contributed by atoms with Crippen LogP contribution in [0, 0.1) is 13.8 Å². The summed E-state index contributed by atoms with van der Waals surface area (Å²) in [5.74, 6) is -0.478. The van der Waals surface area contributed by atoms with Gasteiger partial charge in [-0.3, -0.25) is 4.79 Å². The topological polar surface area (TPSA) is 46.5 Å². The Kier molecular flexibility index (Phi) is 4.88. The molecule has 2 aromatic rings. The highest BCUT2D eigenvalue weighted by Crippen LogP contribution is 2.25. The van der Waals surface area contributed by atoms with Crippen molar-refractivity contribution in [3.05, 3.63) is 64.7 Å². The average Bonchev–Trinajstić information content (AvgIpc) is 2.47. The van der Waals surface area contributed by atoms with Crippen molar-refractivity contribution in [2.75, 3.05) is 0 Å². The molecule has 0 amide bonds. The van der Waals surface area contributed by atoms with E-state index in [1.807, 2.05) is 13.0 Å². The molecule has 1 atom stereocenters. The molecule has 0 radical (unpaired) electrons. The molecule has 0 aliphatic rings. The number of rotatable bonds is 5. The normalized spacial score (nSPS) is 12.3. The van der Waals surface area contributed by atoms with Gasteiger partial charge in [0, 0.05) is 5.56 Å². The van der Waals surface area contributed by atoms with Gasteiger partial charge in [-0.1, -0.05) is 29.8 Å². The third kappa shape index (κ3) is 3.68. The number of aliphatic hydroxyl groups is 1. The van der Waals surface area contributed by atoms with E-state index in [9.17, 15) is 18.7 Å². The molecule has 2 rings (SSSR count). The number of hydrogen-bond donors (Lipinski definition) is 1. The molecular formula is C17H16F2O3. The molecule has 0 fully saturated rings. The smallest absolute Gasteiger partial charge is 0.387 e. The summed E-state index contributed by atoms with van der Waals surface area (Å²) in [5, 5.41) is 10.2. The van der Waals surface area contributed by atoms with Gasteiger partial charge in [0.15, 0.2) is 5.78 Å². The van der Waals surface area contributed by atoms with Crippen LogP contribution in [-0.4, -0.2) is 17.5 Å². The zero-order chi connectivity index (χ0) is 16.3. The van der Waals surface area contributed by atoms with Crippen molar-refractivity contribution in [1.29, 1.82) is 0 Å². The lowest BCUT2D eigenvalue weighted by atomic mass is 9.97. The standard InChI is InChI=1S/C17H16F2O3/c1-10-4-3-5-12(8-10)15(20)16(21)13-6-7-14(11(2)9-13)22-17(18)19/h3-9,15,17,20H,1-2H3. The number of aliphatic hydroxyl groups excluding tert-OH is 1. The van der Waals surface area contributed by atoms with Crippen molar-refractivity contribution in [2.45, 2.75) is 26.6 Å². The number of Topliss-reactive ketones (excluding diaryl/α,β-unsaturated/α-hetero) is 1. The largest absolute Gasteiger partial charge is 0.435 e. The van der Waals surface area contributed by atoms with Crippen LogP contribution in [-0.2, 0) is 0 Å². The van der Waals surface area contributed by atoms with Crippen LogP contribution in [0.1, 0.15) is 33.2 Å². The van der Waals surface area contributed by atoms with Crippen molar-refractivity contribution in [1.82, 2.24) is 0 Å². The predicted molar refractivity (Wildman–Crippen MR) is 78.3 cm³/mol. The first-order valence-electron chi connectivity index (χ1n) is 6.73. The maximum absolute atomic E-state index is 12.3. The minimum atomic E-state index is -2.92. The molecule has 5 heteroatoms. The van der Waals surface area contributed by atoms with Crippen LogP contribution in [0.5, 0.6) is 5.75 Å². The summed E-state index contributed by atoms with van der Waals surface area (Å²) in [7, 11) is 0. The zero-order valence-electron chi connectivity index (χ0n) is 12.2. The molecule has 1 N–H and O–H groups in total. The second-order valence-corrected chi connectivity index (χ2v) is 5.04. The van der Waals surface area contributed by atoms with Crippen LogP contribution in [0.3, 0.4) is 0 Å². The molecular weight excluding hydrogens is 290 g/mol. The van der Waals surface area contributed by atoms with Gasteiger partial charge in [-0.2, -0.15) is 8.78 Å². The zero-order valence-corrected chi connectivity index (χ0v) is 12.2. The van der Waals surface area contributed by atoms with Crippen molar-refractivity contribution < 1.29 is 23.4 Å². The molecule has 0 saturated heterocycles. The van der Waals surface area contributed by atoms with Gasteiger partial charge < -0.3 is 9.84 Å². The van der Waals surface area contributed by atoms with Gasteiger partial charge in [-0.25, -0.2) is 0 Å². The Morgan fingerprint density at radius 1 is 1.14 bits per heavy atom. The number of hydrogen-bond acceptors (Lipinski definition) is 3. The summed E-state index contributed by atoms with van der Waals surface area (Å²) in [6.07, 6.45) is -1.29. The summed E-state index contributed by atoms with van der Waals surface area (Å²) in [4.78, 5) is 12.3. The Morgan fingerprint density at radius 3 is 2.45 bits per heavy atom. The third-order valence-corrected chi connectivity index (χ3v) is 3.28. The number of halogens is 2. The Labute approximate surface area is 127 Å². The summed E-state index contributed by atoms with van der Waals surface area (Å²) >= 11 is 0. The molecule has 0 bridgehead atoms. The maximum atomic E-state index is 12.3. The quantitative estimate of drug-likeness (QED) is 0.854. The fourth-order valence-electron chi connectivity index (χ4n) is 2.18. The third-order valence-electron chi connectivity index (χ3n) is 3.28. The van der Waals surface area contributed by atoms with E-state index < -0.39 is 18.5 Å². The van der Waals surface area contributed by atoms with E-state index in [0.29, 0.717) is 11.1 Å². The molecule has 116 valence electrons. The lowest BCUT2D eigenvalue weighted by Gasteiger charge is -2.13. The Morgan fingerprint density at radius 2 is 1.86 bits per heavy atom. The van der Waals surface area contributed by atoms with Gasteiger partial charge in [-0.15, -0.1) is 0 Å². The van der Waals surface area contributed by atoms with E-state index in [4.69, 9.17) is 0 Å². The summed E-state index contributed by atoms with van der Waals surface area (Å²) < 4.78 is 28.8. The lowest BCUT2D eigenvalue weighted by Crippen LogP contribution is -2.13. The number of aryl methyl sites for hydroxylation is 2. The van der Waals surface area contributed by atoms with Gasteiger partial charge in [0.1, 0.15) is 11.9 Å². The molecule has 22 heavy (non-hydrogen) atoms. The minimum absolute atomic E-state index is 0.0107. The van der Waals surface area contributed by atoms with E-state index in [2.05, 4.69) is 4.74 Å². The number of alkyl halides is 2. The second-order valence-electron chi connectivity index (χ2n) is 5.04. The van der Waals surface area contributed by atoms with E-state index in [-0.39, 0.29) is 11.3 Å². The molecule has 0 heterocycles. The van der Waals surface area contributed by atoms with Gasteiger partial charge in [0.25, 0.3) is 0 Å². The molecule has 3 nitrogen and oxygen atoms in total. The Hall–Kier alpha value is -2.27. The van der Waals surface area contributed by atoms with Crippen molar-refractivity contribution in [3.63, 3.8) is 0 Å². The van der Waals surface area contributed by atoms with Crippen LogP contribution in [0.4, 0.5) is 8.78 Å². The first-order valence-corrected chi connectivity index (χ1v) is 6.73. The first-order chi connectivity index (χ1) is 10.4. The first kappa shape index (κ1) is 16.1. The van der Waals surface area contributed by atoms with Gasteiger partial charge in [0.2, 0.25) is 0 Å². The van der Waals surface area contributed by atoms with Gasteiger partial charge in [0.05, 0.1) is 0 Å². The molecule has 0 aliphatic heterocycles. The van der Waals surface area contributed by atoms with Crippen LogP contribution in [0.15, 0.2) is 42.5 Å². The fraction of sp³-hybridized carbons (Fsp3) is 0.235. The number of carbonyl (C=O) groups is 1. The van der Waals surface area contributed by atoms with Crippen LogP contribution in [0.25, 0.3) is 0 Å². The number of ketones is 1. The highest BCUT2D eigenvalue weighted by atomic mass is 19.3. The fourth-order valence-corrected chi connectivity index (χ4v) is 2.18. The molecule has 0 aromatic heterocycles. The SMILES string of the molecule is Cc1cccc(C(O)C(=O)c2ccc(OC(F)F)c(C)c2)c1. The minimum Gasteiger partial charge on any atom is -0.435 e. The Bertz CT molecular complexity index is 683. The number of ether oxygens (including phenoxy) is 1. The lowest BCUT2D eigenvalue weighted by molar-refractivity contribution is -0.0502. The number of benzene rings is 2. The highest BCUT2D eigenvalue weighted by Gasteiger charge is 2.20.